The fourth-order valence-electron chi connectivity index (χ4n) is 1.78. The number of nitrogens with two attached hydrogens (primary N) is 1. The smallest absolute Gasteiger partial charge is 0.265 e. The van der Waals surface area contributed by atoms with Gasteiger partial charge in [0.15, 0.2) is 0 Å². The SMILES string of the molecule is Cc1ccc(NC(=O)c2cccs2)cc1NC(=O)CCN. The van der Waals surface area contributed by atoms with E-state index >= 15 is 0 Å². The third-order valence-electron chi connectivity index (χ3n) is 2.89. The van der Waals surface area contributed by atoms with E-state index in [1.807, 2.05) is 24.4 Å². The second-order valence-electron chi connectivity index (χ2n) is 4.55. The Balaban J connectivity index is 2.11. The predicted molar refractivity (Wildman–Crippen MR) is 85.8 cm³/mol. The number of anilines is 2. The van der Waals surface area contributed by atoms with Gasteiger partial charge in [0.25, 0.3) is 5.91 Å². The van der Waals surface area contributed by atoms with E-state index in [1.54, 1.807) is 18.2 Å². The van der Waals surface area contributed by atoms with Gasteiger partial charge in [0, 0.05) is 24.3 Å². The number of thiophene rings is 1. The second kappa shape index (κ2) is 7.01. The van der Waals surface area contributed by atoms with Gasteiger partial charge in [-0.05, 0) is 36.1 Å². The van der Waals surface area contributed by atoms with E-state index in [1.165, 1.54) is 11.3 Å². The quantitative estimate of drug-likeness (QED) is 0.793. The maximum atomic E-state index is 12.0. The number of rotatable bonds is 5. The van der Waals surface area contributed by atoms with Crippen molar-refractivity contribution in [1.82, 2.24) is 0 Å². The fraction of sp³-hybridized carbons (Fsp3) is 0.200. The fourth-order valence-corrected chi connectivity index (χ4v) is 2.40. The summed E-state index contributed by atoms with van der Waals surface area (Å²) in [5, 5.41) is 7.45. The van der Waals surface area contributed by atoms with Gasteiger partial charge in [0.2, 0.25) is 5.91 Å². The summed E-state index contributed by atoms with van der Waals surface area (Å²) >= 11 is 1.38. The molecule has 2 rings (SSSR count). The van der Waals surface area contributed by atoms with Gasteiger partial charge in [0.1, 0.15) is 0 Å². The van der Waals surface area contributed by atoms with Crippen molar-refractivity contribution in [2.24, 2.45) is 5.73 Å². The molecule has 2 aromatic rings. The Bertz CT molecular complexity index is 638. The zero-order chi connectivity index (χ0) is 15.2. The van der Waals surface area contributed by atoms with Crippen LogP contribution in [0.4, 0.5) is 11.4 Å². The zero-order valence-corrected chi connectivity index (χ0v) is 12.5. The minimum atomic E-state index is -0.159. The summed E-state index contributed by atoms with van der Waals surface area (Å²) in [6, 6.07) is 8.99. The molecular weight excluding hydrogens is 286 g/mol. The summed E-state index contributed by atoms with van der Waals surface area (Å²) in [5.41, 5.74) is 7.60. The van der Waals surface area contributed by atoms with Crippen molar-refractivity contribution in [3.8, 4) is 0 Å². The summed E-state index contributed by atoms with van der Waals surface area (Å²) in [4.78, 5) is 24.2. The molecule has 1 heterocycles. The summed E-state index contributed by atoms with van der Waals surface area (Å²) in [6.45, 7) is 2.20. The lowest BCUT2D eigenvalue weighted by molar-refractivity contribution is -0.116. The number of aryl methyl sites for hydroxylation is 1. The molecule has 1 aromatic carbocycles. The first-order chi connectivity index (χ1) is 10.1. The summed E-state index contributed by atoms with van der Waals surface area (Å²) in [5.74, 6) is -0.296. The van der Waals surface area contributed by atoms with Crippen molar-refractivity contribution in [1.29, 1.82) is 0 Å². The van der Waals surface area contributed by atoms with Crippen LogP contribution in [0.2, 0.25) is 0 Å². The van der Waals surface area contributed by atoms with Gasteiger partial charge in [-0.15, -0.1) is 11.3 Å². The van der Waals surface area contributed by atoms with Gasteiger partial charge in [0.05, 0.1) is 4.88 Å². The van der Waals surface area contributed by atoms with Gasteiger partial charge in [-0.25, -0.2) is 0 Å². The Hall–Kier alpha value is -2.18. The molecule has 2 amide bonds. The first-order valence-corrected chi connectivity index (χ1v) is 7.43. The van der Waals surface area contributed by atoms with Crippen molar-refractivity contribution >= 4 is 34.5 Å². The lowest BCUT2D eigenvalue weighted by Gasteiger charge is -2.11. The standard InChI is InChI=1S/C15H17N3O2S/c1-10-4-5-11(9-12(10)18-14(19)6-7-16)17-15(20)13-3-2-8-21-13/h2-5,8-9H,6-7,16H2,1H3,(H,17,20)(H,18,19). The van der Waals surface area contributed by atoms with Crippen LogP contribution in [-0.4, -0.2) is 18.4 Å². The second-order valence-corrected chi connectivity index (χ2v) is 5.50. The van der Waals surface area contributed by atoms with Crippen LogP contribution in [0.5, 0.6) is 0 Å². The Morgan fingerprint density at radius 3 is 2.71 bits per heavy atom. The monoisotopic (exact) mass is 303 g/mol. The molecule has 0 saturated heterocycles. The minimum absolute atomic E-state index is 0.137. The molecule has 0 spiro atoms. The molecule has 0 bridgehead atoms. The summed E-state index contributed by atoms with van der Waals surface area (Å²) in [7, 11) is 0. The largest absolute Gasteiger partial charge is 0.330 e. The number of carbonyl (C=O) groups excluding carboxylic acids is 2. The van der Waals surface area contributed by atoms with Gasteiger partial charge < -0.3 is 16.4 Å². The number of hydrogen-bond acceptors (Lipinski definition) is 4. The molecule has 1 aromatic heterocycles. The van der Waals surface area contributed by atoms with Gasteiger partial charge in [-0.1, -0.05) is 12.1 Å². The van der Waals surface area contributed by atoms with Crippen LogP contribution in [0.15, 0.2) is 35.7 Å². The zero-order valence-electron chi connectivity index (χ0n) is 11.7. The highest BCUT2D eigenvalue weighted by Gasteiger charge is 2.09. The molecule has 0 radical (unpaired) electrons. The summed E-state index contributed by atoms with van der Waals surface area (Å²) < 4.78 is 0. The van der Waals surface area contributed by atoms with Gasteiger partial charge >= 0.3 is 0 Å². The number of nitrogens with one attached hydrogen (secondary N) is 2. The molecule has 6 heteroatoms. The van der Waals surface area contributed by atoms with E-state index in [0.29, 0.717) is 22.8 Å². The van der Waals surface area contributed by atoms with E-state index in [9.17, 15) is 9.59 Å². The minimum Gasteiger partial charge on any atom is -0.330 e. The highest BCUT2D eigenvalue weighted by Crippen LogP contribution is 2.21. The number of benzene rings is 1. The van der Waals surface area contributed by atoms with Gasteiger partial charge in [-0.2, -0.15) is 0 Å². The molecule has 0 aliphatic carbocycles. The average molecular weight is 303 g/mol. The molecule has 0 saturated carbocycles. The van der Waals surface area contributed by atoms with E-state index in [0.717, 1.165) is 5.56 Å². The van der Waals surface area contributed by atoms with Crippen molar-refractivity contribution < 1.29 is 9.59 Å². The highest BCUT2D eigenvalue weighted by atomic mass is 32.1. The molecule has 0 atom stereocenters. The van der Waals surface area contributed by atoms with E-state index in [4.69, 9.17) is 5.73 Å². The van der Waals surface area contributed by atoms with Crippen molar-refractivity contribution in [3.63, 3.8) is 0 Å². The number of carbonyl (C=O) groups is 2. The van der Waals surface area contributed by atoms with E-state index < -0.39 is 0 Å². The molecular formula is C15H17N3O2S. The maximum absolute atomic E-state index is 12.0. The molecule has 0 aliphatic rings. The first-order valence-electron chi connectivity index (χ1n) is 6.55. The number of hydrogen-bond donors (Lipinski definition) is 3. The van der Waals surface area contributed by atoms with Crippen LogP contribution >= 0.6 is 11.3 Å². The third kappa shape index (κ3) is 4.14. The van der Waals surface area contributed by atoms with Crippen molar-refractivity contribution in [2.75, 3.05) is 17.2 Å². The lowest BCUT2D eigenvalue weighted by atomic mass is 10.1. The molecule has 110 valence electrons. The Morgan fingerprint density at radius 1 is 1.24 bits per heavy atom. The molecule has 0 unspecified atom stereocenters. The van der Waals surface area contributed by atoms with Crippen LogP contribution in [0.25, 0.3) is 0 Å². The Morgan fingerprint density at radius 2 is 2.05 bits per heavy atom. The van der Waals surface area contributed by atoms with Crippen LogP contribution in [-0.2, 0) is 4.79 Å². The van der Waals surface area contributed by atoms with Crippen molar-refractivity contribution in [3.05, 3.63) is 46.2 Å². The van der Waals surface area contributed by atoms with Crippen LogP contribution in [0.3, 0.4) is 0 Å². The molecule has 21 heavy (non-hydrogen) atoms. The Labute approximate surface area is 127 Å². The molecule has 4 N–H and O–H groups in total. The van der Waals surface area contributed by atoms with Crippen LogP contribution < -0.4 is 16.4 Å². The Kier molecular flexibility index (Phi) is 5.08. The predicted octanol–water partition coefficient (Wildman–Crippen LogP) is 2.60. The first kappa shape index (κ1) is 15.2. The van der Waals surface area contributed by atoms with Gasteiger partial charge in [-0.3, -0.25) is 9.59 Å². The van der Waals surface area contributed by atoms with E-state index in [2.05, 4.69) is 10.6 Å². The third-order valence-corrected chi connectivity index (χ3v) is 3.75. The van der Waals surface area contributed by atoms with Crippen LogP contribution in [0.1, 0.15) is 21.7 Å². The van der Waals surface area contributed by atoms with Crippen LogP contribution in [0, 0.1) is 6.92 Å². The van der Waals surface area contributed by atoms with Crippen molar-refractivity contribution in [2.45, 2.75) is 13.3 Å². The average Bonchev–Trinajstić information content (AvgIpc) is 2.97. The lowest BCUT2D eigenvalue weighted by Crippen LogP contribution is -2.17. The topological polar surface area (TPSA) is 84.2 Å². The van der Waals surface area contributed by atoms with E-state index in [-0.39, 0.29) is 18.2 Å². The highest BCUT2D eigenvalue weighted by molar-refractivity contribution is 7.12. The maximum Gasteiger partial charge on any atom is 0.265 e. The molecule has 0 fully saturated rings. The molecule has 0 aliphatic heterocycles. The number of amides is 2. The normalized spacial score (nSPS) is 10.2. The summed E-state index contributed by atoms with van der Waals surface area (Å²) in [6.07, 6.45) is 0.269. The molecule has 5 nitrogen and oxygen atoms in total.